The average Bonchev–Trinajstić information content (AvgIpc) is 3.09. The van der Waals surface area contributed by atoms with Crippen molar-refractivity contribution in [3.8, 4) is 5.75 Å². The van der Waals surface area contributed by atoms with Gasteiger partial charge in [0.2, 0.25) is 5.91 Å². The monoisotopic (exact) mass is 557 g/mol. The Balaban J connectivity index is 1.76. The number of carboxylic acids is 1. The number of aromatic amines is 1. The molecule has 7 atom stereocenters. The maximum absolute atomic E-state index is 15.4. The lowest BCUT2D eigenvalue weighted by Crippen LogP contribution is -2.48. The number of para-hydroxylation sites is 1. The van der Waals surface area contributed by atoms with Gasteiger partial charge in [-0.15, -0.1) is 4.52 Å². The first kappa shape index (κ1) is 29.1. The van der Waals surface area contributed by atoms with Gasteiger partial charge in [-0.2, -0.15) is 0 Å². The third-order valence-corrected chi connectivity index (χ3v) is 6.83. The molecule has 0 saturated carbocycles. The molecule has 2 heterocycles. The maximum Gasteiger partial charge on any atom is 0.653 e. The number of halogens is 1. The molecule has 1 aliphatic heterocycles. The summed E-state index contributed by atoms with van der Waals surface area (Å²) in [4.78, 5) is 55.4. The zero-order chi connectivity index (χ0) is 28.2. The van der Waals surface area contributed by atoms with E-state index in [1.54, 1.807) is 18.2 Å². The van der Waals surface area contributed by atoms with Crippen LogP contribution in [0.5, 0.6) is 5.75 Å². The van der Waals surface area contributed by atoms with E-state index < -0.39 is 74.1 Å². The summed E-state index contributed by atoms with van der Waals surface area (Å²) in [6, 6.07) is 6.33. The third-order valence-electron chi connectivity index (χ3n) is 5.71. The van der Waals surface area contributed by atoms with E-state index in [0.717, 1.165) is 23.8 Å². The number of aromatic nitrogens is 2. The van der Waals surface area contributed by atoms with E-state index in [2.05, 4.69) is 5.32 Å². The smallest absolute Gasteiger partial charge is 0.480 e. The lowest BCUT2D eigenvalue weighted by atomic mass is 9.98. The zero-order valence-corrected chi connectivity index (χ0v) is 21.4. The van der Waals surface area contributed by atoms with E-state index in [9.17, 15) is 28.8 Å². The van der Waals surface area contributed by atoms with Gasteiger partial charge in [-0.05, 0) is 37.5 Å². The van der Waals surface area contributed by atoms with Crippen LogP contribution in [-0.4, -0.2) is 73.0 Å². The van der Waals surface area contributed by atoms with E-state index in [4.69, 9.17) is 19.2 Å². The molecule has 38 heavy (non-hydrogen) atoms. The topological polar surface area (TPSA) is 189 Å². The lowest BCUT2D eigenvalue weighted by Gasteiger charge is -2.24. The van der Waals surface area contributed by atoms with Gasteiger partial charge in [0, 0.05) is 12.3 Å². The van der Waals surface area contributed by atoms with Crippen molar-refractivity contribution >= 4 is 20.1 Å². The summed E-state index contributed by atoms with van der Waals surface area (Å²) in [6.07, 6.45) is -3.89. The first-order chi connectivity index (χ1) is 17.8. The first-order valence-corrected chi connectivity index (χ1v) is 12.5. The van der Waals surface area contributed by atoms with Crippen molar-refractivity contribution in [3.05, 3.63) is 63.4 Å². The Morgan fingerprint density at radius 2 is 1.95 bits per heavy atom. The average molecular weight is 557 g/mol. The Morgan fingerprint density at radius 3 is 2.55 bits per heavy atom. The molecular formula is C22H27FN4O10P+. The molecule has 1 saturated heterocycles. The molecule has 1 amide bonds. The predicted octanol–water partition coefficient (Wildman–Crippen LogP) is 0.471. The van der Waals surface area contributed by atoms with Crippen molar-refractivity contribution in [1.29, 1.82) is 0 Å². The Kier molecular flexibility index (Phi) is 9.12. The number of H-pyrrole nitrogens is 1. The molecule has 206 valence electrons. The number of nitrogens with zero attached hydrogens (tertiary/aromatic N) is 2. The molecule has 1 aliphatic rings. The van der Waals surface area contributed by atoms with Crippen LogP contribution in [0.15, 0.2) is 52.2 Å². The highest BCUT2D eigenvalue weighted by molar-refractivity contribution is 7.36. The Labute approximate surface area is 215 Å². The summed E-state index contributed by atoms with van der Waals surface area (Å²) in [6.45, 7) is 2.87. The molecule has 3 rings (SSSR count). The lowest BCUT2D eigenvalue weighted by molar-refractivity contribution is -0.143. The highest BCUT2D eigenvalue weighted by Crippen LogP contribution is 2.42. The van der Waals surface area contributed by atoms with Crippen LogP contribution in [0.1, 0.15) is 27.0 Å². The van der Waals surface area contributed by atoms with Crippen molar-refractivity contribution in [2.45, 2.75) is 57.0 Å². The van der Waals surface area contributed by atoms with Crippen molar-refractivity contribution in [1.82, 2.24) is 19.7 Å². The number of hydrogen-bond acceptors (Lipinski definition) is 9. The number of hydrogen-bond donors (Lipinski definition) is 4. The third kappa shape index (κ3) is 6.49. The minimum Gasteiger partial charge on any atom is -0.480 e. The number of aliphatic hydroxyl groups is 1. The molecular weight excluding hydrogens is 530 g/mol. The minimum atomic E-state index is -3.00. The van der Waals surface area contributed by atoms with E-state index >= 15 is 4.39 Å². The van der Waals surface area contributed by atoms with E-state index in [1.165, 1.54) is 26.0 Å². The van der Waals surface area contributed by atoms with Gasteiger partial charge in [0.05, 0.1) is 0 Å². The Bertz CT molecular complexity index is 1290. The number of alkyl halides is 1. The van der Waals surface area contributed by atoms with Gasteiger partial charge in [-0.25, -0.2) is 9.18 Å². The number of carbonyl (C=O) groups is 2. The van der Waals surface area contributed by atoms with Crippen LogP contribution in [0, 0.1) is 0 Å². The van der Waals surface area contributed by atoms with E-state index in [-0.39, 0.29) is 5.75 Å². The number of aliphatic carboxylic acids is 1. The molecule has 0 bridgehead atoms. The van der Waals surface area contributed by atoms with Crippen LogP contribution < -0.4 is 21.4 Å². The fraction of sp³-hybridized carbons (Fsp3) is 0.455. The normalized spacial score (nSPS) is 25.0. The number of carbonyl (C=O) groups excluding carboxylic acids is 1. The Morgan fingerprint density at radius 1 is 1.29 bits per heavy atom. The maximum atomic E-state index is 15.4. The van der Waals surface area contributed by atoms with Crippen molar-refractivity contribution in [2.75, 3.05) is 6.61 Å². The largest absolute Gasteiger partial charge is 0.653 e. The Hall–Kier alpha value is -3.49. The quantitative estimate of drug-likeness (QED) is 0.222. The fourth-order valence-corrected chi connectivity index (χ4v) is 4.43. The summed E-state index contributed by atoms with van der Waals surface area (Å²) < 4.78 is 40.0. The van der Waals surface area contributed by atoms with Crippen LogP contribution in [-0.2, 0) is 23.4 Å². The van der Waals surface area contributed by atoms with Crippen molar-refractivity contribution < 1.29 is 42.9 Å². The molecule has 1 fully saturated rings. The van der Waals surface area contributed by atoms with Crippen LogP contribution >= 0.6 is 8.18 Å². The van der Waals surface area contributed by atoms with Gasteiger partial charge in [-0.1, -0.05) is 18.2 Å². The molecule has 0 radical (unpaired) electrons. The molecule has 1 aromatic heterocycles. The summed E-state index contributed by atoms with van der Waals surface area (Å²) in [5.41, 5.74) is -4.19. The second kappa shape index (κ2) is 11.9. The van der Waals surface area contributed by atoms with Crippen molar-refractivity contribution in [3.63, 3.8) is 0 Å². The first-order valence-electron chi connectivity index (χ1n) is 11.3. The number of benzene rings is 1. The van der Waals surface area contributed by atoms with Crippen molar-refractivity contribution in [2.24, 2.45) is 0 Å². The number of carboxylic acid groups (broad SMARTS) is 1. The predicted molar refractivity (Wildman–Crippen MR) is 128 cm³/mol. The molecule has 0 spiro atoms. The van der Waals surface area contributed by atoms with Gasteiger partial charge in [0.25, 0.3) is 5.56 Å². The highest BCUT2D eigenvalue weighted by atomic mass is 31.1. The van der Waals surface area contributed by atoms with Crippen LogP contribution in [0.2, 0.25) is 0 Å². The highest BCUT2D eigenvalue weighted by Gasteiger charge is 2.56. The number of nitrogens with one attached hydrogen (secondary N) is 2. The molecule has 2 aromatic rings. The second-order valence-electron chi connectivity index (χ2n) is 8.63. The summed E-state index contributed by atoms with van der Waals surface area (Å²) >= 11 is 0. The molecule has 14 nitrogen and oxygen atoms in total. The van der Waals surface area contributed by atoms with Gasteiger partial charge in [0.15, 0.2) is 23.7 Å². The van der Waals surface area contributed by atoms with Crippen LogP contribution in [0.4, 0.5) is 4.39 Å². The summed E-state index contributed by atoms with van der Waals surface area (Å²) in [5, 5.41) is 21.8. The molecule has 0 aliphatic carbocycles. The van der Waals surface area contributed by atoms with Gasteiger partial charge in [-0.3, -0.25) is 23.9 Å². The number of ether oxygens (including phenoxy) is 1. The fourth-order valence-electron chi connectivity index (χ4n) is 3.50. The molecule has 16 heteroatoms. The molecule has 3 unspecified atom stereocenters. The summed E-state index contributed by atoms with van der Waals surface area (Å²) in [5.74, 6) is -1.95. The number of hydroxylamine groups is 1. The number of amides is 1. The van der Waals surface area contributed by atoms with Crippen LogP contribution in [0.3, 0.4) is 0 Å². The number of rotatable bonds is 11. The molecule has 4 N–H and O–H groups in total. The second-order valence-corrected chi connectivity index (χ2v) is 9.75. The van der Waals surface area contributed by atoms with E-state index in [0.29, 0.717) is 4.83 Å². The zero-order valence-electron chi connectivity index (χ0n) is 20.5. The minimum absolute atomic E-state index is 0.177. The SMILES string of the molecule is CC(NC(=O)C(C)N(Oc1ccccc1)[P+](=O)OC[C@H]1O[C@@H](n2ccc(=O)[nH]c2=O)[C@](C)(F)[C@@H]1O)C(=O)O. The summed E-state index contributed by atoms with van der Waals surface area (Å²) in [7, 11) is -3.00. The van der Waals surface area contributed by atoms with Gasteiger partial charge >= 0.3 is 19.8 Å². The van der Waals surface area contributed by atoms with Crippen LogP contribution in [0.25, 0.3) is 0 Å². The molecule has 1 aromatic carbocycles. The van der Waals surface area contributed by atoms with E-state index in [1.807, 2.05) is 4.98 Å². The number of aliphatic hydroxyl groups excluding tert-OH is 1. The van der Waals surface area contributed by atoms with Gasteiger partial charge in [0.1, 0.15) is 29.7 Å². The van der Waals surface area contributed by atoms with Gasteiger partial charge < -0.3 is 25.1 Å². The standard InChI is InChI=1S/C22H26FN4O10P/c1-12(19(31)32)24-18(30)13(2)27(37-14-7-5-4-6-8-14)38(34)35-11-15-17(29)22(3,23)20(36-15)26-10-9-16(28)25-21(26)33/h4-10,12-13,15,17,20,29H,11H2,1-3H3,(H2-,24,25,28,30,31,32,33)/p+1/t12?,13?,15-,17-,20-,22-/m1/s1.